The first-order valence-corrected chi connectivity index (χ1v) is 4.82. The zero-order chi connectivity index (χ0) is 11.8. The Hall–Kier alpha value is -1.00. The van der Waals surface area contributed by atoms with Crippen LogP contribution in [-0.4, -0.2) is 27.5 Å². The van der Waals surface area contributed by atoms with Crippen LogP contribution in [0, 0.1) is 5.41 Å². The second-order valence-corrected chi connectivity index (χ2v) is 4.19. The Balaban J connectivity index is 3.26. The molecule has 0 bridgehead atoms. The maximum atomic E-state index is 11.0. The third-order valence-corrected chi connectivity index (χ3v) is 3.31. The lowest BCUT2D eigenvalue weighted by atomic mass is 9.79. The van der Waals surface area contributed by atoms with Crippen molar-refractivity contribution in [3.8, 4) is 0 Å². The van der Waals surface area contributed by atoms with Gasteiger partial charge >= 0.3 is 11.9 Å². The SMILES string of the molecule is CC1(C(=O)O)C=CC(Cl)=C(C(=O)O)C1Cl. The molecule has 0 spiro atoms. The highest BCUT2D eigenvalue weighted by Crippen LogP contribution is 2.39. The van der Waals surface area contributed by atoms with Crippen molar-refractivity contribution in [2.75, 3.05) is 0 Å². The summed E-state index contributed by atoms with van der Waals surface area (Å²) >= 11 is 11.5. The van der Waals surface area contributed by atoms with Gasteiger partial charge in [0.15, 0.2) is 0 Å². The molecule has 82 valence electrons. The maximum Gasteiger partial charge on any atom is 0.334 e. The van der Waals surface area contributed by atoms with Crippen molar-refractivity contribution in [3.63, 3.8) is 0 Å². The highest BCUT2D eigenvalue weighted by atomic mass is 35.5. The van der Waals surface area contributed by atoms with E-state index in [0.29, 0.717) is 0 Å². The molecule has 0 aromatic heterocycles. The number of aliphatic carboxylic acids is 2. The topological polar surface area (TPSA) is 74.6 Å². The second kappa shape index (κ2) is 3.87. The highest BCUT2D eigenvalue weighted by molar-refractivity contribution is 6.36. The van der Waals surface area contributed by atoms with Gasteiger partial charge in [0.25, 0.3) is 0 Å². The van der Waals surface area contributed by atoms with Crippen LogP contribution in [0.1, 0.15) is 6.92 Å². The number of carboxylic acids is 2. The molecule has 1 rings (SSSR count). The van der Waals surface area contributed by atoms with Crippen molar-refractivity contribution in [1.29, 1.82) is 0 Å². The van der Waals surface area contributed by atoms with Gasteiger partial charge in [-0.2, -0.15) is 0 Å². The number of allylic oxidation sites excluding steroid dienone is 2. The zero-order valence-corrected chi connectivity index (χ0v) is 9.21. The first kappa shape index (κ1) is 12.1. The number of rotatable bonds is 2. The summed E-state index contributed by atoms with van der Waals surface area (Å²) < 4.78 is 0. The van der Waals surface area contributed by atoms with Crippen molar-refractivity contribution in [2.24, 2.45) is 5.41 Å². The van der Waals surface area contributed by atoms with Crippen LogP contribution in [0.15, 0.2) is 22.8 Å². The zero-order valence-electron chi connectivity index (χ0n) is 7.70. The second-order valence-electron chi connectivity index (χ2n) is 3.35. The Kier molecular flexibility index (Phi) is 3.11. The first-order chi connectivity index (χ1) is 6.80. The van der Waals surface area contributed by atoms with Gasteiger partial charge in [-0.3, -0.25) is 4.79 Å². The molecule has 0 aromatic carbocycles. The smallest absolute Gasteiger partial charge is 0.334 e. The number of halogens is 2. The summed E-state index contributed by atoms with van der Waals surface area (Å²) in [6, 6.07) is 0. The fraction of sp³-hybridized carbons (Fsp3) is 0.333. The standard InChI is InChI=1S/C9H8Cl2O4/c1-9(8(14)15)3-2-4(10)5(6(9)11)7(12)13/h2-3,6H,1H3,(H,12,13)(H,14,15). The maximum absolute atomic E-state index is 11.0. The van der Waals surface area contributed by atoms with E-state index >= 15 is 0 Å². The number of alkyl halides is 1. The third-order valence-electron chi connectivity index (χ3n) is 2.30. The molecule has 0 aromatic rings. The molecule has 1 aliphatic carbocycles. The van der Waals surface area contributed by atoms with Crippen molar-refractivity contribution in [1.82, 2.24) is 0 Å². The summed E-state index contributed by atoms with van der Waals surface area (Å²) in [5, 5.41) is 16.6. The average molecular weight is 251 g/mol. The minimum absolute atomic E-state index is 0.0405. The average Bonchev–Trinajstić information content (AvgIpc) is 2.11. The molecule has 1 aliphatic rings. The molecule has 0 saturated heterocycles. The Morgan fingerprint density at radius 1 is 1.47 bits per heavy atom. The summed E-state index contributed by atoms with van der Waals surface area (Å²) in [6.45, 7) is 1.34. The molecular formula is C9H8Cl2O4. The summed E-state index contributed by atoms with van der Waals surface area (Å²) in [6.07, 6.45) is 2.54. The van der Waals surface area contributed by atoms with Gasteiger partial charge < -0.3 is 10.2 Å². The van der Waals surface area contributed by atoms with E-state index in [1.165, 1.54) is 19.1 Å². The third kappa shape index (κ3) is 1.87. The Morgan fingerprint density at radius 2 is 2.00 bits per heavy atom. The lowest BCUT2D eigenvalue weighted by Gasteiger charge is -2.30. The van der Waals surface area contributed by atoms with E-state index in [-0.39, 0.29) is 10.6 Å². The van der Waals surface area contributed by atoms with Crippen LogP contribution in [0.4, 0.5) is 0 Å². The fourth-order valence-corrected chi connectivity index (χ4v) is 1.92. The predicted molar refractivity (Wildman–Crippen MR) is 55.0 cm³/mol. The van der Waals surface area contributed by atoms with Crippen molar-refractivity contribution in [3.05, 3.63) is 22.8 Å². The Bertz CT molecular complexity index is 386. The van der Waals surface area contributed by atoms with Crippen LogP contribution < -0.4 is 0 Å². The van der Waals surface area contributed by atoms with E-state index in [0.717, 1.165) is 0 Å². The molecule has 0 radical (unpaired) electrons. The van der Waals surface area contributed by atoms with E-state index < -0.39 is 22.7 Å². The minimum atomic E-state index is -1.45. The molecule has 2 N–H and O–H groups in total. The normalized spacial score (nSPS) is 30.5. The molecule has 2 unspecified atom stereocenters. The highest BCUT2D eigenvalue weighted by Gasteiger charge is 2.45. The summed E-state index contributed by atoms with van der Waals surface area (Å²) in [5.41, 5.74) is -1.74. The Morgan fingerprint density at radius 3 is 2.40 bits per heavy atom. The molecule has 6 heteroatoms. The summed E-state index contributed by atoms with van der Waals surface area (Å²) in [5.74, 6) is -2.50. The van der Waals surface area contributed by atoms with E-state index in [1.54, 1.807) is 0 Å². The van der Waals surface area contributed by atoms with Gasteiger partial charge in [-0.25, -0.2) is 4.79 Å². The molecule has 2 atom stereocenters. The van der Waals surface area contributed by atoms with Crippen LogP contribution in [0.25, 0.3) is 0 Å². The van der Waals surface area contributed by atoms with Crippen LogP contribution in [-0.2, 0) is 9.59 Å². The van der Waals surface area contributed by atoms with Crippen LogP contribution in [0.3, 0.4) is 0 Å². The first-order valence-electron chi connectivity index (χ1n) is 4.00. The quantitative estimate of drug-likeness (QED) is 0.734. The molecule has 0 heterocycles. The molecular weight excluding hydrogens is 243 g/mol. The largest absolute Gasteiger partial charge is 0.481 e. The molecule has 0 amide bonds. The fourth-order valence-electron chi connectivity index (χ4n) is 1.23. The van der Waals surface area contributed by atoms with E-state index in [2.05, 4.69) is 0 Å². The van der Waals surface area contributed by atoms with Crippen LogP contribution in [0.2, 0.25) is 0 Å². The van der Waals surface area contributed by atoms with Gasteiger partial charge in [0, 0.05) is 0 Å². The monoisotopic (exact) mass is 250 g/mol. The predicted octanol–water partition coefficient (Wildman–Crippen LogP) is 1.83. The Labute approximate surface area is 95.8 Å². The summed E-state index contributed by atoms with van der Waals surface area (Å²) in [7, 11) is 0. The van der Waals surface area contributed by atoms with Crippen molar-refractivity contribution in [2.45, 2.75) is 12.3 Å². The van der Waals surface area contributed by atoms with Gasteiger partial charge in [0.1, 0.15) is 5.41 Å². The number of hydrogen-bond acceptors (Lipinski definition) is 2. The van der Waals surface area contributed by atoms with E-state index in [9.17, 15) is 9.59 Å². The van der Waals surface area contributed by atoms with Crippen LogP contribution >= 0.6 is 23.2 Å². The van der Waals surface area contributed by atoms with Gasteiger partial charge in [0.2, 0.25) is 0 Å². The summed E-state index contributed by atoms with van der Waals surface area (Å²) in [4.78, 5) is 21.8. The van der Waals surface area contributed by atoms with E-state index in [4.69, 9.17) is 33.4 Å². The van der Waals surface area contributed by atoms with Crippen molar-refractivity contribution < 1.29 is 19.8 Å². The number of hydrogen-bond donors (Lipinski definition) is 2. The molecule has 15 heavy (non-hydrogen) atoms. The lowest BCUT2D eigenvalue weighted by Crippen LogP contribution is -2.39. The van der Waals surface area contributed by atoms with Gasteiger partial charge in [-0.05, 0) is 13.0 Å². The minimum Gasteiger partial charge on any atom is -0.481 e. The molecule has 0 saturated carbocycles. The van der Waals surface area contributed by atoms with Gasteiger partial charge in [-0.1, -0.05) is 17.7 Å². The number of carbonyl (C=O) groups is 2. The lowest BCUT2D eigenvalue weighted by molar-refractivity contribution is -0.145. The van der Waals surface area contributed by atoms with E-state index in [1.807, 2.05) is 0 Å². The van der Waals surface area contributed by atoms with Gasteiger partial charge in [0.05, 0.1) is 16.0 Å². The van der Waals surface area contributed by atoms with Gasteiger partial charge in [-0.15, -0.1) is 11.6 Å². The van der Waals surface area contributed by atoms with Crippen LogP contribution in [0.5, 0.6) is 0 Å². The molecule has 4 nitrogen and oxygen atoms in total. The number of carboxylic acid groups (broad SMARTS) is 2. The van der Waals surface area contributed by atoms with Crippen molar-refractivity contribution >= 4 is 35.1 Å². The molecule has 0 fully saturated rings. The molecule has 0 aliphatic heterocycles.